The molecule has 0 radical (unpaired) electrons. The molecule has 182 valence electrons. The summed E-state index contributed by atoms with van der Waals surface area (Å²) in [6, 6.07) is 13.0. The first-order valence-electron chi connectivity index (χ1n) is 10.8. The molecule has 0 saturated heterocycles. The van der Waals surface area contributed by atoms with Crippen molar-refractivity contribution in [3.63, 3.8) is 0 Å². The molecular formula is C25H23F3N4O3. The predicted octanol–water partition coefficient (Wildman–Crippen LogP) is 5.43. The van der Waals surface area contributed by atoms with E-state index in [0.29, 0.717) is 22.6 Å². The number of nitrogens with zero attached hydrogens (tertiary/aromatic N) is 3. The number of carboxylic acid groups (broad SMARTS) is 1. The summed E-state index contributed by atoms with van der Waals surface area (Å²) in [7, 11) is 0. The van der Waals surface area contributed by atoms with Crippen molar-refractivity contribution in [1.29, 1.82) is 0 Å². The second-order valence-electron chi connectivity index (χ2n) is 8.29. The van der Waals surface area contributed by atoms with Crippen LogP contribution in [0.25, 0.3) is 16.6 Å². The molecule has 0 aliphatic heterocycles. The molecule has 0 spiro atoms. The fourth-order valence-corrected chi connectivity index (χ4v) is 4.34. The van der Waals surface area contributed by atoms with Gasteiger partial charge in [0.2, 0.25) is 5.91 Å². The topological polar surface area (TPSA) is 89.2 Å². The van der Waals surface area contributed by atoms with Crippen LogP contribution in [-0.2, 0) is 15.8 Å². The van der Waals surface area contributed by atoms with Crippen molar-refractivity contribution in [3.8, 4) is 5.69 Å². The Hall–Kier alpha value is -4.08. The summed E-state index contributed by atoms with van der Waals surface area (Å²) in [6.45, 7) is 4.87. The minimum atomic E-state index is -4.58. The zero-order valence-corrected chi connectivity index (χ0v) is 19.2. The highest BCUT2D eigenvalue weighted by molar-refractivity contribution is 5.95. The summed E-state index contributed by atoms with van der Waals surface area (Å²) in [6.07, 6.45) is -4.96. The number of benzene rings is 2. The van der Waals surface area contributed by atoms with Gasteiger partial charge in [-0.25, -0.2) is 9.48 Å². The molecule has 10 heteroatoms. The van der Waals surface area contributed by atoms with E-state index in [1.165, 1.54) is 18.2 Å². The average molecular weight is 484 g/mol. The second kappa shape index (κ2) is 8.94. The van der Waals surface area contributed by atoms with E-state index >= 15 is 0 Å². The number of amides is 1. The first kappa shape index (κ1) is 24.1. The predicted molar refractivity (Wildman–Crippen MR) is 125 cm³/mol. The molecule has 1 atom stereocenters. The van der Waals surface area contributed by atoms with E-state index in [2.05, 4.69) is 10.4 Å². The number of alkyl halides is 3. The molecule has 2 N–H and O–H groups in total. The van der Waals surface area contributed by atoms with E-state index in [0.717, 1.165) is 16.1 Å². The molecule has 0 saturated carbocycles. The number of nitrogens with one attached hydrogen (secondary N) is 1. The van der Waals surface area contributed by atoms with Crippen LogP contribution in [0, 0.1) is 20.8 Å². The maximum Gasteiger partial charge on any atom is 0.418 e. The van der Waals surface area contributed by atoms with Gasteiger partial charge in [0.05, 0.1) is 34.7 Å². The van der Waals surface area contributed by atoms with Crippen molar-refractivity contribution in [2.45, 2.75) is 39.4 Å². The van der Waals surface area contributed by atoms with Crippen LogP contribution in [0.3, 0.4) is 0 Å². The van der Waals surface area contributed by atoms with Gasteiger partial charge in [-0.2, -0.15) is 18.3 Å². The number of fused-ring (bicyclic) bond motifs is 1. The van der Waals surface area contributed by atoms with Gasteiger partial charge in [-0.05, 0) is 50.4 Å². The number of carbonyl (C=O) groups is 2. The lowest BCUT2D eigenvalue weighted by Crippen LogP contribution is -2.26. The number of rotatable bonds is 6. The van der Waals surface area contributed by atoms with E-state index in [1.807, 2.05) is 18.2 Å². The number of carboxylic acids is 1. The number of aryl methyl sites for hydroxylation is 2. The van der Waals surface area contributed by atoms with E-state index < -0.39 is 29.7 Å². The van der Waals surface area contributed by atoms with Crippen molar-refractivity contribution in [2.24, 2.45) is 0 Å². The van der Waals surface area contributed by atoms with Crippen LogP contribution in [0.5, 0.6) is 0 Å². The fraction of sp³-hybridized carbons (Fsp3) is 0.240. The third-order valence-corrected chi connectivity index (χ3v) is 5.91. The third-order valence-electron chi connectivity index (χ3n) is 5.91. The Morgan fingerprint density at radius 2 is 1.71 bits per heavy atom. The Bertz CT molecular complexity index is 1440. The maximum absolute atomic E-state index is 13.5. The lowest BCUT2D eigenvalue weighted by molar-refractivity contribution is -0.142. The zero-order valence-electron chi connectivity index (χ0n) is 19.2. The van der Waals surface area contributed by atoms with Gasteiger partial charge in [-0.15, -0.1) is 0 Å². The molecule has 7 nitrogen and oxygen atoms in total. The summed E-state index contributed by atoms with van der Waals surface area (Å²) in [5.74, 6) is -1.77. The molecule has 2 aromatic carbocycles. The molecule has 1 unspecified atom stereocenters. The Balaban J connectivity index is 1.64. The highest BCUT2D eigenvalue weighted by Crippen LogP contribution is 2.35. The van der Waals surface area contributed by atoms with E-state index in [9.17, 15) is 27.9 Å². The SMILES string of the molecule is Cc1nn(-c2ccccc2C(F)(F)F)c(C)c1NC(=O)CC(C(=O)O)n1c(C)cc2ccccc21. The summed E-state index contributed by atoms with van der Waals surface area (Å²) in [4.78, 5) is 25.1. The number of aliphatic carboxylic acids is 1. The molecule has 4 rings (SSSR count). The lowest BCUT2D eigenvalue weighted by atomic mass is 10.1. The third kappa shape index (κ3) is 4.51. The van der Waals surface area contributed by atoms with E-state index in [4.69, 9.17) is 0 Å². The number of halogens is 3. The molecule has 4 aromatic rings. The van der Waals surface area contributed by atoms with Crippen molar-refractivity contribution in [3.05, 3.63) is 77.2 Å². The van der Waals surface area contributed by atoms with Gasteiger partial charge in [-0.3, -0.25) is 4.79 Å². The van der Waals surface area contributed by atoms with Crippen molar-refractivity contribution in [1.82, 2.24) is 14.3 Å². The average Bonchev–Trinajstić information content (AvgIpc) is 3.27. The molecule has 2 heterocycles. The number of carbonyl (C=O) groups excluding carboxylic acids is 1. The lowest BCUT2D eigenvalue weighted by Gasteiger charge is -2.18. The van der Waals surface area contributed by atoms with Crippen LogP contribution in [0.2, 0.25) is 0 Å². The van der Waals surface area contributed by atoms with E-state index in [-0.39, 0.29) is 17.8 Å². The van der Waals surface area contributed by atoms with Crippen molar-refractivity contribution >= 4 is 28.5 Å². The molecule has 0 aliphatic rings. The van der Waals surface area contributed by atoms with Crippen LogP contribution in [-0.4, -0.2) is 31.3 Å². The van der Waals surface area contributed by atoms with Gasteiger partial charge in [0.15, 0.2) is 0 Å². The summed E-state index contributed by atoms with van der Waals surface area (Å²) in [5.41, 5.74) is 1.20. The van der Waals surface area contributed by atoms with Crippen LogP contribution in [0.1, 0.15) is 35.1 Å². The highest BCUT2D eigenvalue weighted by atomic mass is 19.4. The van der Waals surface area contributed by atoms with Gasteiger partial charge in [0, 0.05) is 11.2 Å². The maximum atomic E-state index is 13.5. The largest absolute Gasteiger partial charge is 0.480 e. The number of hydrogen-bond donors (Lipinski definition) is 2. The van der Waals surface area contributed by atoms with Crippen molar-refractivity contribution in [2.75, 3.05) is 5.32 Å². The minimum absolute atomic E-state index is 0.168. The van der Waals surface area contributed by atoms with Crippen LogP contribution >= 0.6 is 0 Å². The normalized spacial score (nSPS) is 12.6. The van der Waals surface area contributed by atoms with Crippen LogP contribution in [0.15, 0.2) is 54.6 Å². The quantitative estimate of drug-likeness (QED) is 0.382. The Kier molecular flexibility index (Phi) is 6.14. The Labute approximate surface area is 198 Å². The Morgan fingerprint density at radius 1 is 1.06 bits per heavy atom. The van der Waals surface area contributed by atoms with Gasteiger partial charge in [0.25, 0.3) is 0 Å². The minimum Gasteiger partial charge on any atom is -0.480 e. The molecular weight excluding hydrogens is 461 g/mol. The number of hydrogen-bond acceptors (Lipinski definition) is 3. The highest BCUT2D eigenvalue weighted by Gasteiger charge is 2.34. The molecule has 0 fully saturated rings. The van der Waals surface area contributed by atoms with E-state index in [1.54, 1.807) is 37.5 Å². The molecule has 0 aliphatic carbocycles. The molecule has 0 bridgehead atoms. The monoisotopic (exact) mass is 484 g/mol. The summed E-state index contributed by atoms with van der Waals surface area (Å²) < 4.78 is 43.3. The van der Waals surface area contributed by atoms with Gasteiger partial charge >= 0.3 is 12.1 Å². The number of aromatic nitrogens is 3. The molecule has 35 heavy (non-hydrogen) atoms. The van der Waals surface area contributed by atoms with Gasteiger partial charge in [-0.1, -0.05) is 30.3 Å². The number of anilines is 1. The Morgan fingerprint density at radius 3 is 2.40 bits per heavy atom. The van der Waals surface area contributed by atoms with Crippen molar-refractivity contribution < 1.29 is 27.9 Å². The first-order valence-corrected chi connectivity index (χ1v) is 10.8. The van der Waals surface area contributed by atoms with Gasteiger partial charge < -0.3 is 15.0 Å². The van der Waals surface area contributed by atoms with Crippen LogP contribution < -0.4 is 5.32 Å². The summed E-state index contributed by atoms with van der Waals surface area (Å²) >= 11 is 0. The van der Waals surface area contributed by atoms with Crippen LogP contribution in [0.4, 0.5) is 18.9 Å². The zero-order chi connectivity index (χ0) is 25.5. The summed E-state index contributed by atoms with van der Waals surface area (Å²) in [5, 5.41) is 17.6. The first-order chi connectivity index (χ1) is 16.5. The fourth-order valence-electron chi connectivity index (χ4n) is 4.34. The smallest absolute Gasteiger partial charge is 0.418 e. The second-order valence-corrected chi connectivity index (χ2v) is 8.29. The standard InChI is InChI=1S/C25H23F3N4O3/c1-14-12-17-8-4-6-10-19(17)31(14)21(24(34)35)13-22(33)29-23-15(2)30-32(16(23)3)20-11-7-5-9-18(20)25(26,27)28/h4-12,21H,13H2,1-3H3,(H,29,33)(H,34,35). The van der Waals surface area contributed by atoms with Gasteiger partial charge in [0.1, 0.15) is 6.04 Å². The molecule has 1 amide bonds. The number of para-hydroxylation sites is 2. The molecule has 2 aromatic heterocycles.